The van der Waals surface area contributed by atoms with Crippen molar-refractivity contribution in [3.05, 3.63) is 65.0 Å². The number of aliphatic hydroxyl groups is 1. The van der Waals surface area contributed by atoms with Gasteiger partial charge >= 0.3 is 0 Å². The van der Waals surface area contributed by atoms with Crippen molar-refractivity contribution in [2.45, 2.75) is 12.5 Å². The molecule has 2 aliphatic rings. The van der Waals surface area contributed by atoms with Gasteiger partial charge in [-0.1, -0.05) is 0 Å². The normalized spacial score (nSPS) is 20.3. The average Bonchev–Trinajstić information content (AvgIpc) is 3.13. The Morgan fingerprint density at radius 2 is 1.77 bits per heavy atom. The standard InChI is InChI=1S/C26H29FN2O6/c1-33-19-8-9-20(21(16-19)34-2)23-22(24(30)17-4-6-18(27)7-5-17)25(31)26(32)29(23)11-3-10-28-12-14-35-15-13-28/h4-9,16,23,30H,3,10-15H2,1-2H3/b24-22+. The van der Waals surface area contributed by atoms with Crippen LogP contribution in [0.3, 0.4) is 0 Å². The van der Waals surface area contributed by atoms with Crippen LogP contribution in [0.5, 0.6) is 11.5 Å². The van der Waals surface area contributed by atoms with Gasteiger partial charge in [-0.3, -0.25) is 14.5 Å². The minimum atomic E-state index is -0.870. The van der Waals surface area contributed by atoms with Gasteiger partial charge in [0.25, 0.3) is 11.7 Å². The van der Waals surface area contributed by atoms with Crippen molar-refractivity contribution in [1.29, 1.82) is 0 Å². The summed E-state index contributed by atoms with van der Waals surface area (Å²) < 4.78 is 29.7. The number of nitrogens with zero attached hydrogens (tertiary/aromatic N) is 2. The molecule has 2 saturated heterocycles. The number of hydrogen-bond acceptors (Lipinski definition) is 7. The van der Waals surface area contributed by atoms with Crippen LogP contribution in [-0.4, -0.2) is 80.2 Å². The van der Waals surface area contributed by atoms with Crippen LogP contribution >= 0.6 is 0 Å². The number of aliphatic hydroxyl groups excluding tert-OH is 1. The molecule has 0 bridgehead atoms. The van der Waals surface area contributed by atoms with Gasteiger partial charge in [-0.25, -0.2) is 4.39 Å². The molecule has 2 heterocycles. The Hall–Kier alpha value is -3.43. The van der Waals surface area contributed by atoms with Crippen LogP contribution in [0.25, 0.3) is 5.76 Å². The molecule has 186 valence electrons. The zero-order chi connectivity index (χ0) is 24.9. The minimum Gasteiger partial charge on any atom is -0.507 e. The van der Waals surface area contributed by atoms with Gasteiger partial charge in [-0.2, -0.15) is 0 Å². The van der Waals surface area contributed by atoms with Crippen LogP contribution in [-0.2, 0) is 14.3 Å². The number of ether oxygens (including phenoxy) is 3. The van der Waals surface area contributed by atoms with Crippen LogP contribution in [0.4, 0.5) is 4.39 Å². The molecule has 0 saturated carbocycles. The smallest absolute Gasteiger partial charge is 0.295 e. The highest BCUT2D eigenvalue weighted by Gasteiger charge is 2.46. The lowest BCUT2D eigenvalue weighted by Gasteiger charge is -2.29. The maximum absolute atomic E-state index is 13.5. The first kappa shape index (κ1) is 24.7. The molecule has 35 heavy (non-hydrogen) atoms. The molecular formula is C26H29FN2O6. The number of ketones is 1. The molecule has 1 amide bonds. The number of rotatable bonds is 8. The van der Waals surface area contributed by atoms with Crippen molar-refractivity contribution in [3.8, 4) is 11.5 Å². The van der Waals surface area contributed by atoms with Gasteiger partial charge in [0.1, 0.15) is 23.1 Å². The van der Waals surface area contributed by atoms with Gasteiger partial charge in [0.2, 0.25) is 0 Å². The summed E-state index contributed by atoms with van der Waals surface area (Å²) in [4.78, 5) is 30.1. The van der Waals surface area contributed by atoms with Crippen molar-refractivity contribution in [2.24, 2.45) is 0 Å². The molecule has 0 radical (unpaired) electrons. The number of hydrogen-bond donors (Lipinski definition) is 1. The van der Waals surface area contributed by atoms with Gasteiger partial charge < -0.3 is 24.2 Å². The molecule has 1 atom stereocenters. The number of carbonyl (C=O) groups is 2. The van der Waals surface area contributed by atoms with Crippen LogP contribution in [0.15, 0.2) is 48.0 Å². The molecular weight excluding hydrogens is 455 g/mol. The molecule has 2 aromatic carbocycles. The number of benzene rings is 2. The molecule has 2 fully saturated rings. The van der Waals surface area contributed by atoms with Gasteiger partial charge in [0.15, 0.2) is 0 Å². The second-order valence-corrected chi connectivity index (χ2v) is 8.41. The minimum absolute atomic E-state index is 0.0588. The van der Waals surface area contributed by atoms with Crippen LogP contribution in [0, 0.1) is 5.82 Å². The van der Waals surface area contributed by atoms with Gasteiger partial charge in [0, 0.05) is 43.4 Å². The lowest BCUT2D eigenvalue weighted by Crippen LogP contribution is -2.39. The summed E-state index contributed by atoms with van der Waals surface area (Å²) in [6.45, 7) is 4.04. The third-order valence-corrected chi connectivity index (χ3v) is 6.37. The fourth-order valence-corrected chi connectivity index (χ4v) is 4.53. The highest BCUT2D eigenvalue weighted by atomic mass is 19.1. The lowest BCUT2D eigenvalue weighted by atomic mass is 9.94. The molecule has 8 nitrogen and oxygen atoms in total. The zero-order valence-electron chi connectivity index (χ0n) is 19.8. The van der Waals surface area contributed by atoms with Gasteiger partial charge in [-0.15, -0.1) is 0 Å². The molecule has 2 aromatic rings. The number of carbonyl (C=O) groups excluding carboxylic acids is 2. The second-order valence-electron chi connectivity index (χ2n) is 8.41. The molecule has 4 rings (SSSR count). The Kier molecular flexibility index (Phi) is 7.67. The van der Waals surface area contributed by atoms with E-state index < -0.39 is 23.5 Å². The summed E-state index contributed by atoms with van der Waals surface area (Å²) >= 11 is 0. The number of Topliss-reactive ketones (excluding diaryl/α,β-unsaturated/α-hetero) is 1. The van der Waals surface area contributed by atoms with E-state index in [4.69, 9.17) is 14.2 Å². The molecule has 2 aliphatic heterocycles. The first-order chi connectivity index (χ1) is 16.9. The first-order valence-corrected chi connectivity index (χ1v) is 11.5. The first-order valence-electron chi connectivity index (χ1n) is 11.5. The zero-order valence-corrected chi connectivity index (χ0v) is 19.8. The number of methoxy groups -OCH3 is 2. The van der Waals surface area contributed by atoms with E-state index in [1.807, 2.05) is 0 Å². The van der Waals surface area contributed by atoms with Crippen molar-refractivity contribution < 1.29 is 33.3 Å². The molecule has 9 heteroatoms. The Morgan fingerprint density at radius 3 is 2.43 bits per heavy atom. The van der Waals surface area contributed by atoms with Gasteiger partial charge in [-0.05, 0) is 42.8 Å². The van der Waals surface area contributed by atoms with E-state index in [9.17, 15) is 19.1 Å². The van der Waals surface area contributed by atoms with E-state index in [2.05, 4.69) is 4.90 Å². The van der Waals surface area contributed by atoms with Crippen molar-refractivity contribution >= 4 is 17.4 Å². The van der Waals surface area contributed by atoms with E-state index in [0.717, 1.165) is 19.6 Å². The summed E-state index contributed by atoms with van der Waals surface area (Å²) in [5.41, 5.74) is 0.731. The van der Waals surface area contributed by atoms with E-state index in [-0.39, 0.29) is 16.9 Å². The Bertz CT molecular complexity index is 1110. The molecule has 0 aliphatic carbocycles. The fourth-order valence-electron chi connectivity index (χ4n) is 4.53. The fraction of sp³-hybridized carbons (Fsp3) is 0.385. The third-order valence-electron chi connectivity index (χ3n) is 6.37. The predicted octanol–water partition coefficient (Wildman–Crippen LogP) is 2.99. The third kappa shape index (κ3) is 5.16. The van der Waals surface area contributed by atoms with Crippen molar-refractivity contribution in [3.63, 3.8) is 0 Å². The highest BCUT2D eigenvalue weighted by molar-refractivity contribution is 6.46. The summed E-state index contributed by atoms with van der Waals surface area (Å²) in [5, 5.41) is 11.1. The van der Waals surface area contributed by atoms with Crippen LogP contribution < -0.4 is 9.47 Å². The Balaban J connectivity index is 1.73. The van der Waals surface area contributed by atoms with E-state index in [1.165, 1.54) is 43.4 Å². The maximum atomic E-state index is 13.5. The monoisotopic (exact) mass is 484 g/mol. The molecule has 1 N–H and O–H groups in total. The van der Waals surface area contributed by atoms with Crippen LogP contribution in [0.1, 0.15) is 23.6 Å². The largest absolute Gasteiger partial charge is 0.507 e. The topological polar surface area (TPSA) is 88.5 Å². The number of morpholine rings is 1. The predicted molar refractivity (Wildman–Crippen MR) is 127 cm³/mol. The van der Waals surface area contributed by atoms with E-state index in [1.54, 1.807) is 18.2 Å². The second kappa shape index (κ2) is 10.9. The average molecular weight is 485 g/mol. The summed E-state index contributed by atoms with van der Waals surface area (Å²) in [6.07, 6.45) is 0.637. The van der Waals surface area contributed by atoms with Crippen LogP contribution in [0.2, 0.25) is 0 Å². The summed E-state index contributed by atoms with van der Waals surface area (Å²) in [5.74, 6) is -1.35. The SMILES string of the molecule is COc1ccc(C2/C(=C(\O)c3ccc(F)cc3)C(=O)C(=O)N2CCCN2CCOCC2)c(OC)c1. The Morgan fingerprint density at radius 1 is 1.06 bits per heavy atom. The molecule has 0 aromatic heterocycles. The quantitative estimate of drug-likeness (QED) is 0.350. The summed E-state index contributed by atoms with van der Waals surface area (Å²) in [7, 11) is 3.02. The number of halogens is 1. The number of likely N-dealkylation sites (tertiary alicyclic amines) is 1. The Labute approximate surface area is 203 Å². The van der Waals surface area contributed by atoms with Crippen molar-refractivity contribution in [1.82, 2.24) is 9.80 Å². The van der Waals surface area contributed by atoms with Gasteiger partial charge in [0.05, 0.1) is 39.0 Å². The lowest BCUT2D eigenvalue weighted by molar-refractivity contribution is -0.140. The molecule has 0 spiro atoms. The highest BCUT2D eigenvalue weighted by Crippen LogP contribution is 2.43. The molecule has 1 unspecified atom stereocenters. The van der Waals surface area contributed by atoms with E-state index >= 15 is 0 Å². The summed E-state index contributed by atoms with van der Waals surface area (Å²) in [6, 6.07) is 9.36. The number of amides is 1. The maximum Gasteiger partial charge on any atom is 0.295 e. The van der Waals surface area contributed by atoms with E-state index in [0.29, 0.717) is 43.2 Å². The van der Waals surface area contributed by atoms with Crippen molar-refractivity contribution in [2.75, 3.05) is 53.6 Å².